The molecule has 1 fully saturated rings. The quantitative estimate of drug-likeness (QED) is 0.845. The topological polar surface area (TPSA) is 50.4 Å². The zero-order chi connectivity index (χ0) is 13.5. The van der Waals surface area contributed by atoms with Gasteiger partial charge in [-0.3, -0.25) is 4.79 Å². The molecule has 1 atom stereocenters. The van der Waals surface area contributed by atoms with Gasteiger partial charge >= 0.3 is 0 Å². The maximum absolute atomic E-state index is 11.8. The lowest BCUT2D eigenvalue weighted by atomic mass is 10.1. The molecule has 1 saturated heterocycles. The summed E-state index contributed by atoms with van der Waals surface area (Å²) < 4.78 is 5.11. The highest BCUT2D eigenvalue weighted by Crippen LogP contribution is 2.12. The number of methoxy groups -OCH3 is 1. The Morgan fingerprint density at radius 1 is 1.42 bits per heavy atom. The summed E-state index contributed by atoms with van der Waals surface area (Å²) >= 11 is 0. The number of carbonyl (C=O) groups excluding carboxylic acids is 1. The molecular weight excluding hydrogens is 240 g/mol. The van der Waals surface area contributed by atoms with Gasteiger partial charge in [-0.1, -0.05) is 12.1 Å². The fourth-order valence-corrected chi connectivity index (χ4v) is 2.32. The molecule has 2 rings (SSSR count). The summed E-state index contributed by atoms with van der Waals surface area (Å²) in [4.78, 5) is 11.8. The Bertz CT molecular complexity index is 397. The predicted molar refractivity (Wildman–Crippen MR) is 75.3 cm³/mol. The van der Waals surface area contributed by atoms with Crippen LogP contribution in [0.1, 0.15) is 24.8 Å². The number of nitrogens with one attached hydrogen (secondary N) is 2. The molecule has 4 heteroatoms. The number of rotatable bonds is 5. The van der Waals surface area contributed by atoms with Crippen LogP contribution >= 0.6 is 0 Å². The third kappa shape index (κ3) is 4.56. The zero-order valence-electron chi connectivity index (χ0n) is 11.4. The zero-order valence-corrected chi connectivity index (χ0v) is 11.4. The fraction of sp³-hybridized carbons (Fsp3) is 0.533. The average Bonchev–Trinajstić information content (AvgIpc) is 2.47. The van der Waals surface area contributed by atoms with E-state index in [2.05, 4.69) is 10.6 Å². The van der Waals surface area contributed by atoms with Crippen LogP contribution in [0.2, 0.25) is 0 Å². The highest BCUT2D eigenvalue weighted by Gasteiger charge is 2.14. The Balaban J connectivity index is 1.72. The first-order chi connectivity index (χ1) is 9.28. The first-order valence-corrected chi connectivity index (χ1v) is 6.91. The van der Waals surface area contributed by atoms with Crippen molar-refractivity contribution in [2.75, 3.05) is 20.2 Å². The Labute approximate surface area is 114 Å². The minimum atomic E-state index is 0.143. The molecule has 19 heavy (non-hydrogen) atoms. The van der Waals surface area contributed by atoms with Gasteiger partial charge in [-0.05, 0) is 43.5 Å². The summed E-state index contributed by atoms with van der Waals surface area (Å²) in [6.07, 6.45) is 3.55. The van der Waals surface area contributed by atoms with Crippen LogP contribution in [0, 0.1) is 0 Å². The summed E-state index contributed by atoms with van der Waals surface area (Å²) in [6, 6.07) is 8.18. The minimum Gasteiger partial charge on any atom is -0.497 e. The van der Waals surface area contributed by atoms with E-state index in [1.807, 2.05) is 24.3 Å². The summed E-state index contributed by atoms with van der Waals surface area (Å²) in [7, 11) is 1.65. The van der Waals surface area contributed by atoms with E-state index < -0.39 is 0 Å². The number of ether oxygens (including phenoxy) is 1. The van der Waals surface area contributed by atoms with Crippen molar-refractivity contribution in [3.63, 3.8) is 0 Å². The SMILES string of the molecule is COc1ccc(CCC(=O)NC2CCCNC2)cc1. The number of benzene rings is 1. The van der Waals surface area contributed by atoms with E-state index in [1.54, 1.807) is 7.11 Å². The van der Waals surface area contributed by atoms with Crippen molar-refractivity contribution in [2.24, 2.45) is 0 Å². The molecule has 2 N–H and O–H groups in total. The van der Waals surface area contributed by atoms with E-state index in [-0.39, 0.29) is 5.91 Å². The van der Waals surface area contributed by atoms with Gasteiger partial charge in [0.05, 0.1) is 7.11 Å². The van der Waals surface area contributed by atoms with Crippen LogP contribution in [0.25, 0.3) is 0 Å². The molecule has 1 unspecified atom stereocenters. The molecular formula is C15H22N2O2. The van der Waals surface area contributed by atoms with Gasteiger partial charge in [0.2, 0.25) is 5.91 Å². The molecule has 0 saturated carbocycles. The smallest absolute Gasteiger partial charge is 0.220 e. The lowest BCUT2D eigenvalue weighted by molar-refractivity contribution is -0.121. The number of aryl methyl sites for hydroxylation is 1. The number of hydrogen-bond acceptors (Lipinski definition) is 3. The molecule has 4 nitrogen and oxygen atoms in total. The van der Waals surface area contributed by atoms with Crippen molar-refractivity contribution in [3.8, 4) is 5.75 Å². The van der Waals surface area contributed by atoms with Crippen LogP contribution in [0.15, 0.2) is 24.3 Å². The van der Waals surface area contributed by atoms with E-state index >= 15 is 0 Å². The number of piperidine rings is 1. The molecule has 0 spiro atoms. The van der Waals surface area contributed by atoms with Crippen molar-refractivity contribution in [2.45, 2.75) is 31.7 Å². The van der Waals surface area contributed by atoms with Crippen molar-refractivity contribution < 1.29 is 9.53 Å². The Kier molecular flexibility index (Phi) is 5.21. The van der Waals surface area contributed by atoms with Crippen molar-refractivity contribution in [3.05, 3.63) is 29.8 Å². The summed E-state index contributed by atoms with van der Waals surface area (Å²) in [6.45, 7) is 1.96. The average molecular weight is 262 g/mol. The van der Waals surface area contributed by atoms with E-state index in [0.29, 0.717) is 12.5 Å². The van der Waals surface area contributed by atoms with Crippen molar-refractivity contribution in [1.82, 2.24) is 10.6 Å². The lowest BCUT2D eigenvalue weighted by Gasteiger charge is -2.23. The van der Waals surface area contributed by atoms with Crippen LogP contribution in [-0.2, 0) is 11.2 Å². The Morgan fingerprint density at radius 2 is 2.21 bits per heavy atom. The van der Waals surface area contributed by atoms with Gasteiger partial charge in [0.1, 0.15) is 5.75 Å². The second kappa shape index (κ2) is 7.14. The molecule has 1 amide bonds. The first kappa shape index (κ1) is 13.9. The molecule has 1 aromatic carbocycles. The predicted octanol–water partition coefficient (Wildman–Crippen LogP) is 1.50. The number of amides is 1. The maximum Gasteiger partial charge on any atom is 0.220 e. The van der Waals surface area contributed by atoms with Gasteiger partial charge in [0, 0.05) is 19.0 Å². The summed E-state index contributed by atoms with van der Waals surface area (Å²) in [5.74, 6) is 0.992. The van der Waals surface area contributed by atoms with E-state index in [9.17, 15) is 4.79 Å². The van der Waals surface area contributed by atoms with Crippen molar-refractivity contribution in [1.29, 1.82) is 0 Å². The molecule has 0 radical (unpaired) electrons. The third-order valence-electron chi connectivity index (χ3n) is 3.46. The second-order valence-corrected chi connectivity index (χ2v) is 4.96. The van der Waals surface area contributed by atoms with Gasteiger partial charge < -0.3 is 15.4 Å². The van der Waals surface area contributed by atoms with Crippen LogP contribution in [0.5, 0.6) is 5.75 Å². The van der Waals surface area contributed by atoms with Gasteiger partial charge in [-0.15, -0.1) is 0 Å². The van der Waals surface area contributed by atoms with E-state index in [4.69, 9.17) is 4.74 Å². The highest BCUT2D eigenvalue weighted by atomic mass is 16.5. The maximum atomic E-state index is 11.8. The van der Waals surface area contributed by atoms with Crippen LogP contribution in [-0.4, -0.2) is 32.1 Å². The molecule has 104 valence electrons. The normalized spacial score (nSPS) is 18.9. The first-order valence-electron chi connectivity index (χ1n) is 6.91. The van der Waals surface area contributed by atoms with Crippen molar-refractivity contribution >= 4 is 5.91 Å². The summed E-state index contributed by atoms with van der Waals surface area (Å²) in [5, 5.41) is 6.38. The Morgan fingerprint density at radius 3 is 2.84 bits per heavy atom. The van der Waals surface area contributed by atoms with Crippen LogP contribution < -0.4 is 15.4 Å². The van der Waals surface area contributed by atoms with E-state index in [1.165, 1.54) is 0 Å². The third-order valence-corrected chi connectivity index (χ3v) is 3.46. The fourth-order valence-electron chi connectivity index (χ4n) is 2.32. The molecule has 0 bridgehead atoms. The lowest BCUT2D eigenvalue weighted by Crippen LogP contribution is -2.45. The highest BCUT2D eigenvalue weighted by molar-refractivity contribution is 5.76. The largest absolute Gasteiger partial charge is 0.497 e. The second-order valence-electron chi connectivity index (χ2n) is 4.96. The monoisotopic (exact) mass is 262 g/mol. The number of hydrogen-bond donors (Lipinski definition) is 2. The molecule has 0 aromatic heterocycles. The van der Waals surface area contributed by atoms with E-state index in [0.717, 1.165) is 43.7 Å². The van der Waals surface area contributed by atoms with Gasteiger partial charge in [0.25, 0.3) is 0 Å². The summed E-state index contributed by atoms with van der Waals surface area (Å²) in [5.41, 5.74) is 1.16. The standard InChI is InChI=1S/C15H22N2O2/c1-19-14-7-4-12(5-8-14)6-9-15(18)17-13-3-2-10-16-11-13/h4-5,7-8,13,16H,2-3,6,9-11H2,1H3,(H,17,18). The van der Waals surface area contributed by atoms with Crippen LogP contribution in [0.3, 0.4) is 0 Å². The number of carbonyl (C=O) groups is 1. The molecule has 1 heterocycles. The Hall–Kier alpha value is -1.55. The van der Waals surface area contributed by atoms with Gasteiger partial charge in [0.15, 0.2) is 0 Å². The van der Waals surface area contributed by atoms with Crippen LogP contribution in [0.4, 0.5) is 0 Å². The minimum absolute atomic E-state index is 0.143. The molecule has 1 aromatic rings. The van der Waals surface area contributed by atoms with Gasteiger partial charge in [-0.2, -0.15) is 0 Å². The molecule has 1 aliphatic heterocycles. The molecule has 0 aliphatic carbocycles. The van der Waals surface area contributed by atoms with Gasteiger partial charge in [-0.25, -0.2) is 0 Å². The molecule has 1 aliphatic rings.